The highest BCUT2D eigenvalue weighted by atomic mass is 16.7. The van der Waals surface area contributed by atoms with Gasteiger partial charge in [-0.25, -0.2) is 4.79 Å². The molecule has 3 amide bonds. The molecule has 7 nitrogen and oxygen atoms in total. The van der Waals surface area contributed by atoms with E-state index in [1.54, 1.807) is 6.92 Å². The summed E-state index contributed by atoms with van der Waals surface area (Å²) in [5.41, 5.74) is 4.91. The van der Waals surface area contributed by atoms with Crippen LogP contribution in [0.4, 0.5) is 4.79 Å². The van der Waals surface area contributed by atoms with E-state index in [4.69, 9.17) is 15.2 Å². The fraction of sp³-hybridized carbons (Fsp3) is 0.800. The summed E-state index contributed by atoms with van der Waals surface area (Å²) in [6.07, 6.45) is 0.737. The Kier molecular flexibility index (Phi) is 3.32. The predicted molar refractivity (Wildman–Crippen MR) is 58.0 cm³/mol. The van der Waals surface area contributed by atoms with Crippen molar-refractivity contribution in [1.82, 2.24) is 10.2 Å². The maximum Gasteiger partial charge on any atom is 0.318 e. The number of hydrogen-bond donors (Lipinski definition) is 2. The summed E-state index contributed by atoms with van der Waals surface area (Å²) >= 11 is 0. The van der Waals surface area contributed by atoms with Gasteiger partial charge in [-0.3, -0.25) is 15.0 Å². The fourth-order valence-corrected chi connectivity index (χ4v) is 2.24. The molecule has 2 fully saturated rings. The molecule has 0 saturated carbocycles. The van der Waals surface area contributed by atoms with Gasteiger partial charge in [-0.15, -0.1) is 0 Å². The second-order valence-electron chi connectivity index (χ2n) is 4.36. The van der Waals surface area contributed by atoms with E-state index in [0.717, 1.165) is 6.42 Å². The number of likely N-dealkylation sites (tertiary alicyclic amines) is 1. The third-order valence-corrected chi connectivity index (χ3v) is 3.21. The highest BCUT2D eigenvalue weighted by Gasteiger charge is 2.45. The topological polar surface area (TPSA) is 93.9 Å². The molecule has 3 N–H and O–H groups in total. The molecule has 96 valence electrons. The average Bonchev–Trinajstić information content (AvgIpc) is 2.88. The van der Waals surface area contributed by atoms with Gasteiger partial charge in [-0.1, -0.05) is 0 Å². The minimum atomic E-state index is -0.830. The second kappa shape index (κ2) is 4.59. The molecule has 1 unspecified atom stereocenters. The molecule has 0 bridgehead atoms. The van der Waals surface area contributed by atoms with Gasteiger partial charge >= 0.3 is 6.03 Å². The zero-order valence-electron chi connectivity index (χ0n) is 9.77. The highest BCUT2D eigenvalue weighted by Crippen LogP contribution is 2.31. The lowest BCUT2D eigenvalue weighted by atomic mass is 10.2. The van der Waals surface area contributed by atoms with Crippen LogP contribution < -0.4 is 11.1 Å². The fourth-order valence-electron chi connectivity index (χ4n) is 2.24. The Balaban J connectivity index is 1.91. The van der Waals surface area contributed by atoms with Gasteiger partial charge in [0.2, 0.25) is 5.91 Å². The minimum Gasteiger partial charge on any atom is -0.351 e. The van der Waals surface area contributed by atoms with E-state index in [9.17, 15) is 9.59 Å². The Morgan fingerprint density at radius 3 is 2.65 bits per heavy atom. The standard InChI is InChI=1S/C10H17N3O4/c1-7(8(14)12-9(11)15)13-3-2-10(6-13)16-4-5-17-10/h7H,2-6H2,1H3,(H3,11,12,14,15). The summed E-state index contributed by atoms with van der Waals surface area (Å²) in [7, 11) is 0. The predicted octanol–water partition coefficient (Wildman–Crippen LogP) is -0.981. The van der Waals surface area contributed by atoms with Crippen LogP contribution in [0.15, 0.2) is 0 Å². The molecule has 2 aliphatic rings. The van der Waals surface area contributed by atoms with Crippen molar-refractivity contribution >= 4 is 11.9 Å². The van der Waals surface area contributed by atoms with Crippen LogP contribution in [0.1, 0.15) is 13.3 Å². The summed E-state index contributed by atoms with van der Waals surface area (Å²) in [5, 5.41) is 2.08. The first-order valence-corrected chi connectivity index (χ1v) is 5.65. The molecule has 0 radical (unpaired) electrons. The minimum absolute atomic E-state index is 0.396. The Morgan fingerprint density at radius 1 is 1.41 bits per heavy atom. The molecule has 1 spiro atoms. The number of primary amides is 1. The van der Waals surface area contributed by atoms with Gasteiger partial charge in [0.15, 0.2) is 5.79 Å². The summed E-state index contributed by atoms with van der Waals surface area (Å²) in [5.74, 6) is -0.950. The maximum absolute atomic E-state index is 11.6. The number of imide groups is 1. The molecule has 17 heavy (non-hydrogen) atoms. The number of carbonyl (C=O) groups excluding carboxylic acids is 2. The van der Waals surface area contributed by atoms with Gasteiger partial charge in [0.1, 0.15) is 0 Å². The number of nitrogens with two attached hydrogens (primary N) is 1. The summed E-state index contributed by atoms with van der Waals surface area (Å²) in [4.78, 5) is 24.1. The quantitative estimate of drug-likeness (QED) is 0.650. The monoisotopic (exact) mass is 243 g/mol. The largest absolute Gasteiger partial charge is 0.351 e. The van der Waals surface area contributed by atoms with Crippen LogP contribution in [0.25, 0.3) is 0 Å². The Labute approximate surface area is 99.2 Å². The zero-order valence-corrected chi connectivity index (χ0v) is 9.77. The molecule has 0 aliphatic carbocycles. The van der Waals surface area contributed by atoms with Crippen molar-refractivity contribution in [3.63, 3.8) is 0 Å². The van der Waals surface area contributed by atoms with Gasteiger partial charge in [-0.05, 0) is 6.92 Å². The third kappa shape index (κ3) is 2.56. The highest BCUT2D eigenvalue weighted by molar-refractivity contribution is 5.96. The Morgan fingerprint density at radius 2 is 2.06 bits per heavy atom. The molecule has 2 rings (SSSR count). The number of carbonyl (C=O) groups is 2. The number of ether oxygens (including phenoxy) is 2. The van der Waals surface area contributed by atoms with Crippen molar-refractivity contribution in [3.8, 4) is 0 Å². The van der Waals surface area contributed by atoms with Crippen LogP contribution in [0.2, 0.25) is 0 Å². The van der Waals surface area contributed by atoms with E-state index in [1.165, 1.54) is 0 Å². The van der Waals surface area contributed by atoms with E-state index >= 15 is 0 Å². The van der Waals surface area contributed by atoms with Crippen molar-refractivity contribution in [2.24, 2.45) is 5.73 Å². The lowest BCUT2D eigenvalue weighted by molar-refractivity contribution is -0.148. The summed E-state index contributed by atoms with van der Waals surface area (Å²) in [6, 6.07) is -1.25. The molecule has 7 heteroatoms. The Bertz CT molecular complexity index is 328. The SMILES string of the molecule is CC(C(=O)NC(N)=O)N1CCC2(C1)OCCO2. The van der Waals surface area contributed by atoms with Crippen molar-refractivity contribution in [2.45, 2.75) is 25.2 Å². The van der Waals surface area contributed by atoms with Gasteiger partial charge in [0, 0.05) is 13.0 Å². The van der Waals surface area contributed by atoms with Crippen molar-refractivity contribution < 1.29 is 19.1 Å². The molecule has 0 aromatic rings. The molecular formula is C10H17N3O4. The summed E-state index contributed by atoms with van der Waals surface area (Å²) < 4.78 is 11.1. The van der Waals surface area contributed by atoms with Crippen LogP contribution in [0.3, 0.4) is 0 Å². The van der Waals surface area contributed by atoms with Crippen LogP contribution in [-0.4, -0.2) is 55.0 Å². The number of urea groups is 1. The Hall–Kier alpha value is -1.18. The molecule has 0 aromatic carbocycles. The van der Waals surface area contributed by atoms with Crippen molar-refractivity contribution in [2.75, 3.05) is 26.3 Å². The van der Waals surface area contributed by atoms with Crippen molar-refractivity contribution in [1.29, 1.82) is 0 Å². The van der Waals surface area contributed by atoms with Crippen LogP contribution >= 0.6 is 0 Å². The van der Waals surface area contributed by atoms with Gasteiger partial charge in [0.25, 0.3) is 0 Å². The van der Waals surface area contributed by atoms with E-state index in [1.807, 2.05) is 4.90 Å². The van der Waals surface area contributed by atoms with Crippen molar-refractivity contribution in [3.05, 3.63) is 0 Å². The number of amides is 3. The summed E-state index contributed by atoms with van der Waals surface area (Å²) in [6.45, 7) is 4.16. The number of nitrogens with one attached hydrogen (secondary N) is 1. The first-order chi connectivity index (χ1) is 8.02. The van der Waals surface area contributed by atoms with E-state index in [0.29, 0.717) is 26.3 Å². The number of rotatable bonds is 2. The molecule has 2 heterocycles. The smallest absolute Gasteiger partial charge is 0.318 e. The molecular weight excluding hydrogens is 226 g/mol. The molecule has 2 aliphatic heterocycles. The third-order valence-electron chi connectivity index (χ3n) is 3.21. The van der Waals surface area contributed by atoms with E-state index in [-0.39, 0.29) is 0 Å². The second-order valence-corrected chi connectivity index (χ2v) is 4.36. The first kappa shape index (κ1) is 12.3. The van der Waals surface area contributed by atoms with E-state index in [2.05, 4.69) is 5.32 Å². The first-order valence-electron chi connectivity index (χ1n) is 5.65. The lowest BCUT2D eigenvalue weighted by Gasteiger charge is -2.25. The maximum atomic E-state index is 11.6. The van der Waals surface area contributed by atoms with Gasteiger partial charge < -0.3 is 15.2 Å². The van der Waals surface area contributed by atoms with Crippen LogP contribution in [0.5, 0.6) is 0 Å². The molecule has 2 saturated heterocycles. The van der Waals surface area contributed by atoms with E-state index < -0.39 is 23.8 Å². The average molecular weight is 243 g/mol. The molecule has 1 atom stereocenters. The van der Waals surface area contributed by atoms with Crippen LogP contribution in [-0.2, 0) is 14.3 Å². The zero-order chi connectivity index (χ0) is 12.5. The van der Waals surface area contributed by atoms with Gasteiger partial charge in [-0.2, -0.15) is 0 Å². The van der Waals surface area contributed by atoms with Gasteiger partial charge in [0.05, 0.1) is 25.8 Å². The lowest BCUT2D eigenvalue weighted by Crippen LogP contribution is -2.48. The van der Waals surface area contributed by atoms with Crippen LogP contribution in [0, 0.1) is 0 Å². The number of hydrogen-bond acceptors (Lipinski definition) is 5. The normalized spacial score (nSPS) is 25.0. The molecule has 0 aromatic heterocycles. The number of nitrogens with zero attached hydrogens (tertiary/aromatic N) is 1.